The fraction of sp³-hybridized carbons (Fsp3) is 0.533. The third kappa shape index (κ3) is 2.84. The summed E-state index contributed by atoms with van der Waals surface area (Å²) in [5, 5.41) is 0. The molecule has 1 saturated carbocycles. The molecule has 2 unspecified atom stereocenters. The Morgan fingerprint density at radius 2 is 2.21 bits per heavy atom. The lowest BCUT2D eigenvalue weighted by atomic mass is 10.0. The highest BCUT2D eigenvalue weighted by Crippen LogP contribution is 2.30. The number of benzene rings is 1. The summed E-state index contributed by atoms with van der Waals surface area (Å²) in [6.07, 6.45) is 3.37. The molecule has 0 aliphatic heterocycles. The van der Waals surface area contributed by atoms with Crippen molar-refractivity contribution in [2.75, 3.05) is 13.6 Å². The highest BCUT2D eigenvalue weighted by atomic mass is 79.9. The molecule has 3 nitrogen and oxygen atoms in total. The van der Waals surface area contributed by atoms with Crippen LogP contribution in [0.2, 0.25) is 0 Å². The summed E-state index contributed by atoms with van der Waals surface area (Å²) in [6.45, 7) is 2.64. The number of rotatable bonds is 3. The zero-order valence-corrected chi connectivity index (χ0v) is 13.1. The van der Waals surface area contributed by atoms with Crippen LogP contribution in [0.25, 0.3) is 0 Å². The number of halogens is 1. The highest BCUT2D eigenvalue weighted by Gasteiger charge is 2.32. The first-order valence-electron chi connectivity index (χ1n) is 6.78. The van der Waals surface area contributed by atoms with E-state index in [1.54, 1.807) is 0 Å². The van der Waals surface area contributed by atoms with Crippen molar-refractivity contribution < 1.29 is 4.79 Å². The summed E-state index contributed by atoms with van der Waals surface area (Å²) < 4.78 is 0.980. The molecule has 1 aliphatic carbocycles. The van der Waals surface area contributed by atoms with E-state index in [1.165, 1.54) is 6.42 Å². The van der Waals surface area contributed by atoms with E-state index in [2.05, 4.69) is 15.9 Å². The second-order valence-electron chi connectivity index (χ2n) is 5.32. The van der Waals surface area contributed by atoms with E-state index in [0.29, 0.717) is 12.5 Å². The molecule has 104 valence electrons. The van der Waals surface area contributed by atoms with Gasteiger partial charge in [-0.2, -0.15) is 0 Å². The summed E-state index contributed by atoms with van der Waals surface area (Å²) in [4.78, 5) is 14.5. The average Bonchev–Trinajstić information content (AvgIpc) is 2.88. The van der Waals surface area contributed by atoms with Crippen LogP contribution in [0.15, 0.2) is 22.7 Å². The minimum atomic E-state index is 0.101. The Morgan fingerprint density at radius 1 is 1.47 bits per heavy atom. The molecule has 1 fully saturated rings. The molecule has 19 heavy (non-hydrogen) atoms. The largest absolute Gasteiger partial charge is 0.338 e. The minimum Gasteiger partial charge on any atom is -0.338 e. The number of carbonyl (C=O) groups excluding carboxylic acids is 1. The zero-order chi connectivity index (χ0) is 14.0. The Balaban J connectivity index is 2.21. The van der Waals surface area contributed by atoms with Crippen LogP contribution in [0.5, 0.6) is 0 Å². The highest BCUT2D eigenvalue weighted by molar-refractivity contribution is 9.10. The van der Waals surface area contributed by atoms with Crippen molar-refractivity contribution in [2.24, 2.45) is 11.7 Å². The maximum atomic E-state index is 12.6. The van der Waals surface area contributed by atoms with E-state index in [-0.39, 0.29) is 11.9 Å². The SMILES string of the molecule is Cc1c(Br)cccc1C(=O)N(C)C1CCCC1CN. The van der Waals surface area contributed by atoms with Crippen molar-refractivity contribution in [2.45, 2.75) is 32.2 Å². The second-order valence-corrected chi connectivity index (χ2v) is 6.18. The maximum Gasteiger partial charge on any atom is 0.254 e. The van der Waals surface area contributed by atoms with Crippen LogP contribution in [0, 0.1) is 12.8 Å². The van der Waals surface area contributed by atoms with Gasteiger partial charge >= 0.3 is 0 Å². The molecule has 2 rings (SSSR count). The van der Waals surface area contributed by atoms with Crippen LogP contribution in [0.4, 0.5) is 0 Å². The Kier molecular flexibility index (Phi) is 4.63. The monoisotopic (exact) mass is 324 g/mol. The molecule has 0 heterocycles. The van der Waals surface area contributed by atoms with E-state index >= 15 is 0 Å². The molecular formula is C15H21BrN2O. The average molecular weight is 325 g/mol. The molecule has 0 spiro atoms. The lowest BCUT2D eigenvalue weighted by Crippen LogP contribution is -2.41. The molecule has 2 atom stereocenters. The Labute approximate surface area is 123 Å². The van der Waals surface area contributed by atoms with Crippen molar-refractivity contribution in [1.29, 1.82) is 0 Å². The summed E-state index contributed by atoms with van der Waals surface area (Å²) in [6, 6.07) is 6.05. The molecular weight excluding hydrogens is 304 g/mol. The number of amides is 1. The first-order chi connectivity index (χ1) is 9.06. The normalized spacial score (nSPS) is 22.5. The quantitative estimate of drug-likeness (QED) is 0.929. The smallest absolute Gasteiger partial charge is 0.254 e. The van der Waals surface area contributed by atoms with Gasteiger partial charge in [0.15, 0.2) is 0 Å². The van der Waals surface area contributed by atoms with Crippen molar-refractivity contribution in [3.05, 3.63) is 33.8 Å². The van der Waals surface area contributed by atoms with E-state index < -0.39 is 0 Å². The van der Waals surface area contributed by atoms with Crippen LogP contribution in [0.1, 0.15) is 35.2 Å². The number of hydrogen-bond donors (Lipinski definition) is 1. The lowest BCUT2D eigenvalue weighted by molar-refractivity contribution is 0.0699. The van der Waals surface area contributed by atoms with Gasteiger partial charge in [-0.25, -0.2) is 0 Å². The molecule has 1 aromatic rings. The summed E-state index contributed by atoms with van der Waals surface area (Å²) in [5.41, 5.74) is 7.59. The summed E-state index contributed by atoms with van der Waals surface area (Å²) >= 11 is 3.48. The minimum absolute atomic E-state index is 0.101. The molecule has 2 N–H and O–H groups in total. The Bertz CT molecular complexity index is 475. The molecule has 1 amide bonds. The fourth-order valence-corrected chi connectivity index (χ4v) is 3.35. The molecule has 0 saturated heterocycles. The number of carbonyl (C=O) groups is 1. The van der Waals surface area contributed by atoms with Gasteiger partial charge in [0.05, 0.1) is 0 Å². The van der Waals surface area contributed by atoms with Gasteiger partial charge in [0.2, 0.25) is 0 Å². The topological polar surface area (TPSA) is 46.3 Å². The summed E-state index contributed by atoms with van der Waals surface area (Å²) in [5.74, 6) is 0.547. The van der Waals surface area contributed by atoms with Gasteiger partial charge in [0.25, 0.3) is 5.91 Å². The third-order valence-corrected chi connectivity index (χ3v) is 5.10. The molecule has 0 radical (unpaired) electrons. The third-order valence-electron chi connectivity index (χ3n) is 4.24. The number of nitrogens with zero attached hydrogens (tertiary/aromatic N) is 1. The van der Waals surface area contributed by atoms with Gasteiger partial charge in [0.1, 0.15) is 0 Å². The predicted molar refractivity (Wildman–Crippen MR) is 81.2 cm³/mol. The first kappa shape index (κ1) is 14.5. The number of hydrogen-bond acceptors (Lipinski definition) is 2. The van der Waals surface area contributed by atoms with Gasteiger partial charge in [-0.05, 0) is 49.9 Å². The lowest BCUT2D eigenvalue weighted by Gasteiger charge is -2.29. The van der Waals surface area contributed by atoms with Crippen molar-refractivity contribution in [1.82, 2.24) is 4.90 Å². The van der Waals surface area contributed by atoms with Crippen LogP contribution < -0.4 is 5.73 Å². The van der Waals surface area contributed by atoms with E-state index in [1.807, 2.05) is 37.1 Å². The van der Waals surface area contributed by atoms with Gasteiger partial charge in [-0.15, -0.1) is 0 Å². The molecule has 1 aromatic carbocycles. The van der Waals surface area contributed by atoms with Crippen molar-refractivity contribution in [3.63, 3.8) is 0 Å². The van der Waals surface area contributed by atoms with Gasteiger partial charge in [-0.3, -0.25) is 4.79 Å². The standard InChI is InChI=1S/C15H21BrN2O/c1-10-12(6-4-7-13(10)16)15(19)18(2)14-8-3-5-11(14)9-17/h4,6-7,11,14H,3,5,8-9,17H2,1-2H3. The molecule has 0 bridgehead atoms. The Morgan fingerprint density at radius 3 is 2.89 bits per heavy atom. The van der Waals surface area contributed by atoms with Crippen molar-refractivity contribution >= 4 is 21.8 Å². The predicted octanol–water partition coefficient (Wildman–Crippen LogP) is 2.96. The van der Waals surface area contributed by atoms with Crippen LogP contribution in [0.3, 0.4) is 0 Å². The van der Waals surface area contributed by atoms with Crippen LogP contribution in [-0.2, 0) is 0 Å². The zero-order valence-electron chi connectivity index (χ0n) is 11.5. The van der Waals surface area contributed by atoms with Gasteiger partial charge < -0.3 is 10.6 Å². The molecule has 4 heteroatoms. The van der Waals surface area contributed by atoms with E-state index in [4.69, 9.17) is 5.73 Å². The van der Waals surface area contributed by atoms with Crippen LogP contribution >= 0.6 is 15.9 Å². The van der Waals surface area contributed by atoms with Gasteiger partial charge in [0, 0.05) is 23.1 Å². The molecule has 1 aliphatic rings. The second kappa shape index (κ2) is 6.06. The van der Waals surface area contributed by atoms with E-state index in [9.17, 15) is 4.79 Å². The van der Waals surface area contributed by atoms with E-state index in [0.717, 1.165) is 28.4 Å². The summed E-state index contributed by atoms with van der Waals surface area (Å²) in [7, 11) is 1.90. The fourth-order valence-electron chi connectivity index (χ4n) is 2.98. The Hall–Kier alpha value is -0.870. The number of nitrogens with two attached hydrogens (primary N) is 1. The molecule has 0 aromatic heterocycles. The first-order valence-corrected chi connectivity index (χ1v) is 7.58. The maximum absolute atomic E-state index is 12.6. The van der Waals surface area contributed by atoms with Gasteiger partial charge in [-0.1, -0.05) is 28.4 Å². The van der Waals surface area contributed by atoms with Crippen molar-refractivity contribution in [3.8, 4) is 0 Å². The van der Waals surface area contributed by atoms with Crippen LogP contribution in [-0.4, -0.2) is 30.4 Å².